The van der Waals surface area contributed by atoms with Crippen molar-refractivity contribution in [1.82, 2.24) is 5.32 Å². The van der Waals surface area contributed by atoms with Gasteiger partial charge in [-0.3, -0.25) is 14.9 Å². The fourth-order valence-electron chi connectivity index (χ4n) is 2.48. The molecule has 0 saturated carbocycles. The van der Waals surface area contributed by atoms with Gasteiger partial charge in [0.2, 0.25) is 0 Å². The van der Waals surface area contributed by atoms with Crippen molar-refractivity contribution in [1.29, 1.82) is 0 Å². The number of rotatable bonds is 4. The van der Waals surface area contributed by atoms with Gasteiger partial charge in [-0.15, -0.1) is 0 Å². The lowest BCUT2D eigenvalue weighted by molar-refractivity contribution is -0.385. The molecule has 7 nitrogen and oxygen atoms in total. The minimum absolute atomic E-state index is 0.0199. The Bertz CT molecular complexity index is 777. The number of para-hydroxylation sites is 3. The maximum atomic E-state index is 12.4. The van der Waals surface area contributed by atoms with Gasteiger partial charge in [-0.2, -0.15) is 0 Å². The first-order valence-electron chi connectivity index (χ1n) is 7.49. The molecule has 0 bridgehead atoms. The maximum absolute atomic E-state index is 12.4. The van der Waals surface area contributed by atoms with E-state index >= 15 is 0 Å². The van der Waals surface area contributed by atoms with Gasteiger partial charge >= 0.3 is 0 Å². The van der Waals surface area contributed by atoms with Crippen LogP contribution in [0.15, 0.2) is 48.5 Å². The summed E-state index contributed by atoms with van der Waals surface area (Å²) in [5.41, 5.74) is -0.208. The van der Waals surface area contributed by atoms with Crippen LogP contribution in [0.25, 0.3) is 0 Å². The van der Waals surface area contributed by atoms with Crippen LogP contribution in [0.4, 0.5) is 5.69 Å². The fraction of sp³-hybridized carbons (Fsp3) is 0.235. The molecule has 1 N–H and O–H groups in total. The van der Waals surface area contributed by atoms with E-state index in [0.717, 1.165) is 0 Å². The number of nitrogens with one attached hydrogen (secondary N) is 1. The molecule has 0 fully saturated rings. The number of carbonyl (C=O) groups excluding carboxylic acids is 1. The van der Waals surface area contributed by atoms with E-state index < -0.39 is 10.8 Å². The lowest BCUT2D eigenvalue weighted by atomic mass is 10.1. The number of nitrogens with zero attached hydrogens (tertiary/aromatic N) is 1. The lowest BCUT2D eigenvalue weighted by Crippen LogP contribution is -2.48. The van der Waals surface area contributed by atoms with E-state index in [0.29, 0.717) is 11.5 Å². The van der Waals surface area contributed by atoms with Crippen LogP contribution in [0.2, 0.25) is 0 Å². The van der Waals surface area contributed by atoms with Crippen LogP contribution in [0, 0.1) is 10.1 Å². The topological polar surface area (TPSA) is 90.7 Å². The van der Waals surface area contributed by atoms with Gasteiger partial charge < -0.3 is 14.8 Å². The summed E-state index contributed by atoms with van der Waals surface area (Å²) in [6.45, 7) is 2.06. The van der Waals surface area contributed by atoms with E-state index in [2.05, 4.69) is 5.32 Å². The number of hydrogen-bond donors (Lipinski definition) is 1. The largest absolute Gasteiger partial charge is 0.486 e. The zero-order valence-corrected chi connectivity index (χ0v) is 13.0. The van der Waals surface area contributed by atoms with Gasteiger partial charge in [0.25, 0.3) is 11.6 Å². The zero-order valence-electron chi connectivity index (χ0n) is 13.0. The molecule has 2 aromatic carbocycles. The van der Waals surface area contributed by atoms with E-state index in [9.17, 15) is 14.9 Å². The van der Waals surface area contributed by atoms with Crippen molar-refractivity contribution in [2.24, 2.45) is 0 Å². The summed E-state index contributed by atoms with van der Waals surface area (Å²) in [7, 11) is 0. The molecule has 0 unspecified atom stereocenters. The van der Waals surface area contributed by atoms with Crippen LogP contribution >= 0.6 is 0 Å². The summed E-state index contributed by atoms with van der Waals surface area (Å²) < 4.78 is 11.5. The number of amides is 1. The Labute approximate surface area is 138 Å². The first-order chi connectivity index (χ1) is 11.6. The average Bonchev–Trinajstić information content (AvgIpc) is 2.61. The SMILES string of the molecule is C[C@H](NC(=O)c1ccccc1[N+](=O)[O-])[C@H]1COc2ccccc2O1. The molecule has 24 heavy (non-hydrogen) atoms. The zero-order chi connectivity index (χ0) is 17.1. The van der Waals surface area contributed by atoms with Gasteiger partial charge in [0, 0.05) is 6.07 Å². The van der Waals surface area contributed by atoms with Crippen molar-refractivity contribution in [2.75, 3.05) is 6.61 Å². The van der Waals surface area contributed by atoms with Gasteiger partial charge in [-0.1, -0.05) is 24.3 Å². The number of nitro groups is 1. The van der Waals surface area contributed by atoms with E-state index in [-0.39, 0.29) is 30.0 Å². The highest BCUT2D eigenvalue weighted by Crippen LogP contribution is 2.31. The second kappa shape index (κ2) is 6.57. The molecule has 124 valence electrons. The molecule has 2 atom stereocenters. The van der Waals surface area contributed by atoms with Crippen molar-refractivity contribution >= 4 is 11.6 Å². The van der Waals surface area contributed by atoms with Gasteiger partial charge in [0.05, 0.1) is 11.0 Å². The monoisotopic (exact) mass is 328 g/mol. The Kier molecular flexibility index (Phi) is 4.33. The molecule has 7 heteroatoms. The number of benzene rings is 2. The standard InChI is InChI=1S/C17H16N2O5/c1-11(16-10-23-14-8-4-5-9-15(14)24-16)18-17(20)12-6-2-3-7-13(12)19(21)22/h2-9,11,16H,10H2,1H3,(H,18,20)/t11-,16+/m0/s1. The number of ether oxygens (including phenoxy) is 2. The molecule has 1 aliphatic rings. The third kappa shape index (κ3) is 3.15. The molecule has 0 spiro atoms. The molecular weight excluding hydrogens is 312 g/mol. The molecule has 1 aliphatic heterocycles. The predicted octanol–water partition coefficient (Wildman–Crippen LogP) is 2.55. The molecule has 0 aliphatic carbocycles. The van der Waals surface area contributed by atoms with E-state index in [1.54, 1.807) is 19.1 Å². The second-order valence-corrected chi connectivity index (χ2v) is 5.45. The van der Waals surface area contributed by atoms with Crippen LogP contribution in [0.3, 0.4) is 0 Å². The minimum Gasteiger partial charge on any atom is -0.486 e. The summed E-state index contributed by atoms with van der Waals surface area (Å²) >= 11 is 0. The van der Waals surface area contributed by atoms with Gasteiger partial charge in [-0.05, 0) is 25.1 Å². The molecule has 1 heterocycles. The highest BCUT2D eigenvalue weighted by Gasteiger charge is 2.28. The first kappa shape index (κ1) is 15.8. The molecule has 2 aromatic rings. The van der Waals surface area contributed by atoms with Gasteiger partial charge in [-0.25, -0.2) is 0 Å². The molecule has 0 aromatic heterocycles. The normalized spacial score (nSPS) is 17.0. The first-order valence-corrected chi connectivity index (χ1v) is 7.49. The van der Waals surface area contributed by atoms with Crippen LogP contribution in [0.5, 0.6) is 11.5 Å². The van der Waals surface area contributed by atoms with Crippen molar-refractivity contribution in [2.45, 2.75) is 19.1 Å². The van der Waals surface area contributed by atoms with Crippen LogP contribution < -0.4 is 14.8 Å². The molecule has 3 rings (SSSR count). The Morgan fingerprint density at radius 1 is 1.21 bits per heavy atom. The smallest absolute Gasteiger partial charge is 0.282 e. The van der Waals surface area contributed by atoms with Crippen molar-refractivity contribution in [3.05, 3.63) is 64.2 Å². The van der Waals surface area contributed by atoms with Gasteiger partial charge in [0.15, 0.2) is 17.6 Å². The summed E-state index contributed by atoms with van der Waals surface area (Å²) in [6, 6.07) is 12.7. The van der Waals surface area contributed by atoms with E-state index in [1.807, 2.05) is 18.2 Å². The fourth-order valence-corrected chi connectivity index (χ4v) is 2.48. The molecule has 0 saturated heterocycles. The third-order valence-corrected chi connectivity index (χ3v) is 3.79. The Hall–Kier alpha value is -3.09. The summed E-state index contributed by atoms with van der Waals surface area (Å²) in [4.78, 5) is 22.8. The van der Waals surface area contributed by atoms with Crippen molar-refractivity contribution in [3.8, 4) is 11.5 Å². The molecule has 0 radical (unpaired) electrons. The van der Waals surface area contributed by atoms with E-state index in [1.165, 1.54) is 18.2 Å². The van der Waals surface area contributed by atoms with Crippen LogP contribution in [0.1, 0.15) is 17.3 Å². The Morgan fingerprint density at radius 3 is 2.62 bits per heavy atom. The highest BCUT2D eigenvalue weighted by atomic mass is 16.6. The molecule has 1 amide bonds. The lowest BCUT2D eigenvalue weighted by Gasteiger charge is -2.30. The summed E-state index contributed by atoms with van der Waals surface area (Å²) in [6.07, 6.45) is -0.383. The molecular formula is C17H16N2O5. The summed E-state index contributed by atoms with van der Waals surface area (Å²) in [5.74, 6) is 0.753. The van der Waals surface area contributed by atoms with Crippen molar-refractivity contribution in [3.63, 3.8) is 0 Å². The minimum atomic E-state index is -0.573. The number of fused-ring (bicyclic) bond motifs is 1. The van der Waals surface area contributed by atoms with Gasteiger partial charge in [0.1, 0.15) is 12.2 Å². The quantitative estimate of drug-likeness (QED) is 0.688. The maximum Gasteiger partial charge on any atom is 0.282 e. The second-order valence-electron chi connectivity index (χ2n) is 5.45. The predicted molar refractivity (Wildman–Crippen MR) is 86.4 cm³/mol. The van der Waals surface area contributed by atoms with Crippen LogP contribution in [-0.2, 0) is 0 Å². The third-order valence-electron chi connectivity index (χ3n) is 3.79. The Balaban J connectivity index is 1.71. The van der Waals surface area contributed by atoms with E-state index in [4.69, 9.17) is 9.47 Å². The Morgan fingerprint density at radius 2 is 1.88 bits per heavy atom. The van der Waals surface area contributed by atoms with Crippen LogP contribution in [-0.4, -0.2) is 29.6 Å². The van der Waals surface area contributed by atoms with Crippen molar-refractivity contribution < 1.29 is 19.2 Å². The summed E-state index contributed by atoms with van der Waals surface area (Å²) in [5, 5.41) is 13.8. The number of carbonyl (C=O) groups is 1. The highest BCUT2D eigenvalue weighted by molar-refractivity contribution is 5.98. The number of nitro benzene ring substituents is 1. The average molecular weight is 328 g/mol. The number of hydrogen-bond acceptors (Lipinski definition) is 5.